The Bertz CT molecular complexity index is 989. The van der Waals surface area contributed by atoms with E-state index in [-0.39, 0.29) is 35.0 Å². The van der Waals surface area contributed by atoms with Crippen molar-refractivity contribution in [1.82, 2.24) is 20.2 Å². The maximum absolute atomic E-state index is 12.9. The van der Waals surface area contributed by atoms with Gasteiger partial charge in [0.2, 0.25) is 5.78 Å². The molecule has 4 rings (SSSR count). The number of nitrogens with one attached hydrogen (secondary N) is 2. The molecule has 4 atom stereocenters. The minimum Gasteiger partial charge on any atom is -0.416 e. The molecule has 2 fully saturated rings. The zero-order valence-corrected chi connectivity index (χ0v) is 21.5. The number of hydrogen-bond donors (Lipinski definition) is 2. The van der Waals surface area contributed by atoms with Crippen LogP contribution in [0.5, 0.6) is 0 Å². The lowest BCUT2D eigenvalue weighted by atomic mass is 10.1. The Morgan fingerprint density at radius 1 is 1.30 bits per heavy atom. The van der Waals surface area contributed by atoms with Gasteiger partial charge in [-0.2, -0.15) is 5.10 Å². The van der Waals surface area contributed by atoms with Gasteiger partial charge in [-0.15, -0.1) is 0 Å². The van der Waals surface area contributed by atoms with Crippen molar-refractivity contribution in [3.63, 3.8) is 0 Å². The number of aromatic nitrogens is 4. The third-order valence-corrected chi connectivity index (χ3v) is 11.6. The van der Waals surface area contributed by atoms with E-state index in [1.807, 2.05) is 13.8 Å². The number of anilines is 1. The van der Waals surface area contributed by atoms with Crippen LogP contribution in [0.1, 0.15) is 57.1 Å². The van der Waals surface area contributed by atoms with E-state index < -0.39 is 14.1 Å². The van der Waals surface area contributed by atoms with Gasteiger partial charge in [0.1, 0.15) is 23.9 Å². The van der Waals surface area contributed by atoms with Gasteiger partial charge in [-0.3, -0.25) is 9.89 Å². The van der Waals surface area contributed by atoms with E-state index in [4.69, 9.17) is 13.9 Å². The van der Waals surface area contributed by atoms with Crippen LogP contribution in [-0.4, -0.2) is 64.9 Å². The number of fused-ring (bicyclic) bond motifs is 1. The van der Waals surface area contributed by atoms with Crippen molar-refractivity contribution in [1.29, 1.82) is 0 Å². The topological polar surface area (TPSA) is 111 Å². The molecule has 0 aromatic carbocycles. The summed E-state index contributed by atoms with van der Waals surface area (Å²) in [7, 11) is -1.89. The van der Waals surface area contributed by atoms with E-state index >= 15 is 0 Å². The van der Waals surface area contributed by atoms with Crippen molar-refractivity contribution < 1.29 is 18.7 Å². The van der Waals surface area contributed by atoms with Gasteiger partial charge in [0.25, 0.3) is 0 Å². The van der Waals surface area contributed by atoms with Gasteiger partial charge in [0.15, 0.2) is 14.1 Å². The van der Waals surface area contributed by atoms with Gasteiger partial charge in [-0.25, -0.2) is 9.97 Å². The third kappa shape index (κ3) is 4.89. The van der Waals surface area contributed by atoms with E-state index in [0.29, 0.717) is 23.7 Å². The molecule has 0 radical (unpaired) electrons. The second kappa shape index (κ2) is 8.57. The predicted molar refractivity (Wildman–Crippen MR) is 127 cm³/mol. The minimum absolute atomic E-state index is 0.0783. The summed E-state index contributed by atoms with van der Waals surface area (Å²) in [6, 6.07) is 1.56. The van der Waals surface area contributed by atoms with Gasteiger partial charge in [0, 0.05) is 24.9 Å². The first-order valence-corrected chi connectivity index (χ1v) is 14.4. The standard InChI is InChI=1S/C23H35N5O4Si/c1-22(2,3)33(6,7)30-12-14-10-17(20-19(14)31-23(4,5)32-20)27-21-15(11-24-13-25-21)18(29)16-8-9-26-28-16/h8-9,11,13-14,17,19-20H,10,12H2,1-7H3,(H,26,28)(H,24,25,27)/t14-,17-,19-,20+/m1/s1. The lowest BCUT2D eigenvalue weighted by Gasteiger charge is -2.37. The number of ketones is 1. The van der Waals surface area contributed by atoms with Crippen molar-refractivity contribution in [2.45, 2.75) is 83.2 Å². The number of ether oxygens (including phenoxy) is 2. The largest absolute Gasteiger partial charge is 0.416 e. The average molecular weight is 474 g/mol. The zero-order valence-electron chi connectivity index (χ0n) is 20.5. The normalized spacial score (nSPS) is 26.9. The molecule has 0 spiro atoms. The molecule has 2 aromatic heterocycles. The smallest absolute Gasteiger partial charge is 0.218 e. The summed E-state index contributed by atoms with van der Waals surface area (Å²) in [6.07, 6.45) is 5.10. The quantitative estimate of drug-likeness (QED) is 0.462. The second-order valence-corrected chi connectivity index (χ2v) is 15.8. The van der Waals surface area contributed by atoms with Crippen LogP contribution in [-0.2, 0) is 13.9 Å². The summed E-state index contributed by atoms with van der Waals surface area (Å²) >= 11 is 0. The van der Waals surface area contributed by atoms with E-state index in [0.717, 1.165) is 6.42 Å². The molecular weight excluding hydrogens is 438 g/mol. The summed E-state index contributed by atoms with van der Waals surface area (Å²) in [5.74, 6) is -0.267. The lowest BCUT2D eigenvalue weighted by Crippen LogP contribution is -2.43. The summed E-state index contributed by atoms with van der Waals surface area (Å²) < 4.78 is 19.1. The number of H-pyrrole nitrogens is 1. The van der Waals surface area contributed by atoms with Crippen LogP contribution in [0.4, 0.5) is 5.82 Å². The number of hydrogen-bond acceptors (Lipinski definition) is 8. The van der Waals surface area contributed by atoms with Gasteiger partial charge < -0.3 is 19.2 Å². The maximum atomic E-state index is 12.9. The molecular formula is C23H35N5O4Si. The summed E-state index contributed by atoms with van der Waals surface area (Å²) in [6.45, 7) is 15.7. The molecule has 2 N–H and O–H groups in total. The van der Waals surface area contributed by atoms with E-state index in [9.17, 15) is 4.79 Å². The van der Waals surface area contributed by atoms with Gasteiger partial charge >= 0.3 is 0 Å². The number of carbonyl (C=O) groups excluding carboxylic acids is 1. The highest BCUT2D eigenvalue weighted by Gasteiger charge is 2.54. The van der Waals surface area contributed by atoms with Crippen molar-refractivity contribution in [2.75, 3.05) is 11.9 Å². The molecule has 33 heavy (non-hydrogen) atoms. The van der Waals surface area contributed by atoms with Crippen LogP contribution in [0, 0.1) is 5.92 Å². The molecule has 1 aliphatic carbocycles. The summed E-state index contributed by atoms with van der Waals surface area (Å²) in [4.78, 5) is 21.3. The molecule has 10 heteroatoms. The fourth-order valence-corrected chi connectivity index (χ4v) is 5.30. The Balaban J connectivity index is 1.54. The first-order valence-electron chi connectivity index (χ1n) is 11.5. The van der Waals surface area contributed by atoms with E-state index in [2.05, 4.69) is 59.3 Å². The van der Waals surface area contributed by atoms with Crippen LogP contribution < -0.4 is 5.32 Å². The molecule has 1 aliphatic heterocycles. The van der Waals surface area contributed by atoms with Crippen molar-refractivity contribution in [3.8, 4) is 0 Å². The van der Waals surface area contributed by atoms with Crippen LogP contribution >= 0.6 is 0 Å². The fourth-order valence-electron chi connectivity index (χ4n) is 4.23. The Hall–Kier alpha value is -2.14. The Kier molecular flexibility index (Phi) is 6.23. The number of nitrogens with zero attached hydrogens (tertiary/aromatic N) is 3. The molecule has 3 heterocycles. The highest BCUT2D eigenvalue weighted by Crippen LogP contribution is 2.44. The lowest BCUT2D eigenvalue weighted by molar-refractivity contribution is -0.158. The first-order chi connectivity index (χ1) is 15.4. The summed E-state index contributed by atoms with van der Waals surface area (Å²) in [5, 5.41) is 10.3. The maximum Gasteiger partial charge on any atom is 0.218 e. The van der Waals surface area contributed by atoms with Crippen molar-refractivity contribution >= 4 is 19.9 Å². The van der Waals surface area contributed by atoms with Crippen LogP contribution in [0.25, 0.3) is 0 Å². The Morgan fingerprint density at radius 3 is 2.70 bits per heavy atom. The van der Waals surface area contributed by atoms with Crippen LogP contribution in [0.15, 0.2) is 24.8 Å². The van der Waals surface area contributed by atoms with Crippen LogP contribution in [0.3, 0.4) is 0 Å². The highest BCUT2D eigenvalue weighted by atomic mass is 28.4. The zero-order chi connectivity index (χ0) is 24.0. The fraction of sp³-hybridized carbons (Fsp3) is 0.652. The number of carbonyl (C=O) groups is 1. The monoisotopic (exact) mass is 473 g/mol. The predicted octanol–water partition coefficient (Wildman–Crippen LogP) is 3.77. The van der Waals surface area contributed by atoms with Gasteiger partial charge in [0.05, 0.1) is 17.7 Å². The second-order valence-electron chi connectivity index (χ2n) is 11.0. The molecule has 0 unspecified atom stereocenters. The van der Waals surface area contributed by atoms with E-state index in [1.54, 1.807) is 12.3 Å². The van der Waals surface area contributed by atoms with Crippen LogP contribution in [0.2, 0.25) is 18.1 Å². The molecule has 1 saturated carbocycles. The Morgan fingerprint density at radius 2 is 2.03 bits per heavy atom. The first kappa shape index (κ1) is 24.0. The third-order valence-electron chi connectivity index (χ3n) is 7.06. The minimum atomic E-state index is -1.89. The number of aromatic amines is 1. The molecule has 2 aromatic rings. The molecule has 0 bridgehead atoms. The summed E-state index contributed by atoms with van der Waals surface area (Å²) in [5.41, 5.74) is 0.694. The molecule has 9 nitrogen and oxygen atoms in total. The number of rotatable bonds is 7. The molecule has 0 amide bonds. The average Bonchev–Trinajstić information content (AvgIpc) is 3.43. The van der Waals surface area contributed by atoms with Crippen molar-refractivity contribution in [2.24, 2.45) is 5.92 Å². The van der Waals surface area contributed by atoms with Gasteiger partial charge in [-0.05, 0) is 44.5 Å². The highest BCUT2D eigenvalue weighted by molar-refractivity contribution is 6.74. The SMILES string of the molecule is CC1(C)O[C@@H]2[C@@H](CO[Si](C)(C)C(C)(C)C)C[C@@H](Nc3ncncc3C(=O)c3cc[nH]n3)[C@@H]2O1. The van der Waals surface area contributed by atoms with Gasteiger partial charge in [-0.1, -0.05) is 20.8 Å². The molecule has 2 aliphatic rings. The molecule has 180 valence electrons. The molecule has 1 saturated heterocycles. The van der Waals surface area contributed by atoms with E-state index in [1.165, 1.54) is 12.5 Å². The Labute approximate surface area is 196 Å². The van der Waals surface area contributed by atoms with Crippen molar-refractivity contribution in [3.05, 3.63) is 36.0 Å².